The van der Waals surface area contributed by atoms with Crippen LogP contribution in [0.3, 0.4) is 0 Å². The monoisotopic (exact) mass is 399 g/mol. The zero-order chi connectivity index (χ0) is 19.7. The Morgan fingerprint density at radius 2 is 1.79 bits per heavy atom. The number of nitrogens with one attached hydrogen (secondary N) is 1. The van der Waals surface area contributed by atoms with Crippen LogP contribution >= 0.6 is 11.6 Å². The van der Waals surface area contributed by atoms with E-state index in [4.69, 9.17) is 11.6 Å². The van der Waals surface area contributed by atoms with Crippen LogP contribution in [0.1, 0.15) is 18.4 Å². The number of benzene rings is 1. The summed E-state index contributed by atoms with van der Waals surface area (Å²) in [7, 11) is 0. The molecule has 1 aromatic heterocycles. The molecular formula is C20H22ClN5O2. The third-order valence-corrected chi connectivity index (χ3v) is 5.83. The molecule has 2 aliphatic rings. The van der Waals surface area contributed by atoms with Crippen molar-refractivity contribution in [3.05, 3.63) is 47.2 Å². The first-order valence-corrected chi connectivity index (χ1v) is 9.76. The number of aromatic nitrogens is 2. The van der Waals surface area contributed by atoms with Crippen LogP contribution in [0.2, 0.25) is 5.02 Å². The summed E-state index contributed by atoms with van der Waals surface area (Å²) in [5.74, 6) is 0.341. The van der Waals surface area contributed by atoms with Crippen molar-refractivity contribution < 1.29 is 9.59 Å². The fourth-order valence-electron chi connectivity index (χ4n) is 3.45. The SMILES string of the molecule is Cc1ccc(NC(=O)C2(C(=O)N3CCN(c4ncccn4)CC3)CC2)cc1Cl. The van der Waals surface area contributed by atoms with E-state index in [0.29, 0.717) is 55.7 Å². The number of hydrogen-bond acceptors (Lipinski definition) is 5. The van der Waals surface area contributed by atoms with E-state index < -0.39 is 5.41 Å². The van der Waals surface area contributed by atoms with Gasteiger partial charge in [0.05, 0.1) is 0 Å². The summed E-state index contributed by atoms with van der Waals surface area (Å²) in [5.41, 5.74) is 0.617. The Bertz CT molecular complexity index is 893. The molecule has 2 fully saturated rings. The smallest absolute Gasteiger partial charge is 0.240 e. The predicted molar refractivity (Wildman–Crippen MR) is 107 cm³/mol. The van der Waals surface area contributed by atoms with Gasteiger partial charge >= 0.3 is 0 Å². The van der Waals surface area contributed by atoms with Crippen LogP contribution in [-0.4, -0.2) is 52.9 Å². The number of amides is 2. The second-order valence-corrected chi connectivity index (χ2v) is 7.74. The molecule has 1 aromatic carbocycles. The minimum Gasteiger partial charge on any atom is -0.338 e. The van der Waals surface area contributed by atoms with E-state index in [0.717, 1.165) is 5.56 Å². The number of halogens is 1. The number of piperazine rings is 1. The molecule has 0 radical (unpaired) electrons. The van der Waals surface area contributed by atoms with Crippen molar-refractivity contribution in [3.8, 4) is 0 Å². The molecule has 146 valence electrons. The van der Waals surface area contributed by atoms with E-state index in [-0.39, 0.29) is 11.8 Å². The number of carbonyl (C=O) groups is 2. The van der Waals surface area contributed by atoms with Gasteiger partial charge in [0.15, 0.2) is 0 Å². The number of carbonyl (C=O) groups excluding carboxylic acids is 2. The van der Waals surface area contributed by atoms with Crippen LogP contribution in [-0.2, 0) is 9.59 Å². The first kappa shape index (κ1) is 18.7. The zero-order valence-corrected chi connectivity index (χ0v) is 16.4. The van der Waals surface area contributed by atoms with Gasteiger partial charge in [0, 0.05) is 49.3 Å². The van der Waals surface area contributed by atoms with Gasteiger partial charge in [-0.2, -0.15) is 0 Å². The van der Waals surface area contributed by atoms with Crippen molar-refractivity contribution in [1.29, 1.82) is 0 Å². The maximum Gasteiger partial charge on any atom is 0.240 e. The summed E-state index contributed by atoms with van der Waals surface area (Å²) in [5, 5.41) is 3.46. The topological polar surface area (TPSA) is 78.4 Å². The normalized spacial score (nSPS) is 17.9. The average molecular weight is 400 g/mol. The highest BCUT2D eigenvalue weighted by Gasteiger charge is 2.58. The maximum absolute atomic E-state index is 13.1. The van der Waals surface area contributed by atoms with Gasteiger partial charge in [-0.25, -0.2) is 9.97 Å². The zero-order valence-electron chi connectivity index (χ0n) is 15.7. The summed E-state index contributed by atoms with van der Waals surface area (Å²) < 4.78 is 0. The highest BCUT2D eigenvalue weighted by atomic mass is 35.5. The van der Waals surface area contributed by atoms with Gasteiger partial charge in [0.1, 0.15) is 5.41 Å². The lowest BCUT2D eigenvalue weighted by Crippen LogP contribution is -2.53. The number of rotatable bonds is 4. The summed E-state index contributed by atoms with van der Waals surface area (Å²) in [6.07, 6.45) is 4.58. The molecule has 2 aromatic rings. The molecule has 2 heterocycles. The van der Waals surface area contributed by atoms with Gasteiger partial charge < -0.3 is 15.1 Å². The molecular weight excluding hydrogens is 378 g/mol. The Morgan fingerprint density at radius 3 is 2.39 bits per heavy atom. The minimum absolute atomic E-state index is 0.0863. The molecule has 28 heavy (non-hydrogen) atoms. The summed E-state index contributed by atoms with van der Waals surface area (Å²) in [6, 6.07) is 7.15. The third kappa shape index (κ3) is 3.54. The second kappa shape index (κ2) is 7.39. The first-order chi connectivity index (χ1) is 13.5. The molecule has 0 bridgehead atoms. The molecule has 2 amide bonds. The van der Waals surface area contributed by atoms with Crippen molar-refractivity contribution in [2.75, 3.05) is 36.4 Å². The quantitative estimate of drug-likeness (QED) is 0.799. The number of nitrogens with zero attached hydrogens (tertiary/aromatic N) is 4. The highest BCUT2D eigenvalue weighted by molar-refractivity contribution is 6.31. The Hall–Kier alpha value is -2.67. The van der Waals surface area contributed by atoms with Crippen LogP contribution in [0, 0.1) is 12.3 Å². The lowest BCUT2D eigenvalue weighted by molar-refractivity contribution is -0.142. The molecule has 1 aliphatic carbocycles. The molecule has 7 nitrogen and oxygen atoms in total. The standard InChI is InChI=1S/C20H22ClN5O2/c1-14-3-4-15(13-16(14)21)24-17(27)20(5-6-20)18(28)25-9-11-26(12-10-25)19-22-7-2-8-23-19/h2-4,7-8,13H,5-6,9-12H2,1H3,(H,24,27). The Kier molecular flexibility index (Phi) is 4.93. The molecule has 1 saturated heterocycles. The largest absolute Gasteiger partial charge is 0.338 e. The molecule has 8 heteroatoms. The van der Waals surface area contributed by atoms with Gasteiger partial charge in [0.2, 0.25) is 17.8 Å². The second-order valence-electron chi connectivity index (χ2n) is 7.33. The van der Waals surface area contributed by atoms with E-state index in [2.05, 4.69) is 20.2 Å². The Morgan fingerprint density at radius 1 is 1.11 bits per heavy atom. The maximum atomic E-state index is 13.1. The van der Waals surface area contributed by atoms with Gasteiger partial charge in [0.25, 0.3) is 0 Å². The van der Waals surface area contributed by atoms with Crippen LogP contribution in [0.4, 0.5) is 11.6 Å². The molecule has 0 atom stereocenters. The van der Waals surface area contributed by atoms with E-state index in [1.54, 1.807) is 35.5 Å². The van der Waals surface area contributed by atoms with Crippen molar-refractivity contribution in [1.82, 2.24) is 14.9 Å². The van der Waals surface area contributed by atoms with Crippen molar-refractivity contribution in [2.45, 2.75) is 19.8 Å². The Labute approximate surface area is 168 Å². The first-order valence-electron chi connectivity index (χ1n) is 9.38. The molecule has 1 saturated carbocycles. The summed E-state index contributed by atoms with van der Waals surface area (Å²) in [6.45, 7) is 4.33. The van der Waals surface area contributed by atoms with Gasteiger partial charge in [-0.1, -0.05) is 17.7 Å². The highest BCUT2D eigenvalue weighted by Crippen LogP contribution is 2.48. The lowest BCUT2D eigenvalue weighted by atomic mass is 10.0. The molecule has 1 N–H and O–H groups in total. The van der Waals surface area contributed by atoms with Crippen molar-refractivity contribution >= 4 is 35.1 Å². The van der Waals surface area contributed by atoms with Gasteiger partial charge in [-0.05, 0) is 43.5 Å². The molecule has 4 rings (SSSR count). The van der Waals surface area contributed by atoms with E-state index in [1.165, 1.54) is 0 Å². The summed E-state index contributed by atoms with van der Waals surface area (Å²) >= 11 is 6.13. The van der Waals surface area contributed by atoms with E-state index in [9.17, 15) is 9.59 Å². The average Bonchev–Trinajstić information content (AvgIpc) is 3.53. The number of hydrogen-bond donors (Lipinski definition) is 1. The molecule has 1 aliphatic heterocycles. The van der Waals surface area contributed by atoms with Crippen LogP contribution in [0.5, 0.6) is 0 Å². The number of aryl methyl sites for hydroxylation is 1. The predicted octanol–water partition coefficient (Wildman–Crippen LogP) is 2.51. The number of anilines is 2. The van der Waals surface area contributed by atoms with E-state index >= 15 is 0 Å². The van der Waals surface area contributed by atoms with Gasteiger partial charge in [-0.3, -0.25) is 9.59 Å². The van der Waals surface area contributed by atoms with E-state index in [1.807, 2.05) is 13.0 Å². The molecule has 0 spiro atoms. The van der Waals surface area contributed by atoms with Crippen LogP contribution in [0.25, 0.3) is 0 Å². The van der Waals surface area contributed by atoms with Crippen LogP contribution in [0.15, 0.2) is 36.7 Å². The van der Waals surface area contributed by atoms with Crippen molar-refractivity contribution in [2.24, 2.45) is 5.41 Å². The third-order valence-electron chi connectivity index (χ3n) is 5.43. The van der Waals surface area contributed by atoms with Crippen LogP contribution < -0.4 is 10.2 Å². The van der Waals surface area contributed by atoms with Gasteiger partial charge in [-0.15, -0.1) is 0 Å². The molecule has 0 unspecified atom stereocenters. The summed E-state index contributed by atoms with van der Waals surface area (Å²) in [4.78, 5) is 38.3. The minimum atomic E-state index is -0.942. The lowest BCUT2D eigenvalue weighted by Gasteiger charge is -2.36. The fraction of sp³-hybridized carbons (Fsp3) is 0.400. The van der Waals surface area contributed by atoms with Crippen molar-refractivity contribution in [3.63, 3.8) is 0 Å². The Balaban J connectivity index is 1.39. The fourth-order valence-corrected chi connectivity index (χ4v) is 3.63.